The maximum Gasteiger partial charge on any atom is 0.325 e. The quantitative estimate of drug-likeness (QED) is 0.592. The molecule has 0 aliphatic heterocycles. The van der Waals surface area contributed by atoms with E-state index in [9.17, 15) is 14.4 Å². The number of esters is 1. The molecule has 0 radical (unpaired) electrons. The lowest BCUT2D eigenvalue weighted by atomic mass is 10.1. The first kappa shape index (κ1) is 20.9. The summed E-state index contributed by atoms with van der Waals surface area (Å²) in [5.74, 6) is -0.955. The van der Waals surface area contributed by atoms with Crippen molar-refractivity contribution in [2.45, 2.75) is 13.5 Å². The minimum atomic E-state index is -0.481. The monoisotopic (exact) mass is 380 g/mol. The minimum Gasteiger partial charge on any atom is -0.468 e. The van der Waals surface area contributed by atoms with E-state index < -0.39 is 5.97 Å². The Morgan fingerprint density at radius 1 is 1.07 bits per heavy atom. The summed E-state index contributed by atoms with van der Waals surface area (Å²) in [5.41, 5.74) is 3.31. The molecule has 0 spiro atoms. The second-order valence-electron chi connectivity index (χ2n) is 6.23. The van der Waals surface area contributed by atoms with Gasteiger partial charge in [0.05, 0.1) is 7.11 Å². The first-order valence-corrected chi connectivity index (χ1v) is 8.85. The first-order chi connectivity index (χ1) is 13.4. The van der Waals surface area contributed by atoms with Crippen molar-refractivity contribution in [2.75, 3.05) is 20.7 Å². The predicted molar refractivity (Wildman–Crippen MR) is 107 cm³/mol. The fraction of sp³-hybridized carbons (Fsp3) is 0.227. The van der Waals surface area contributed by atoms with Gasteiger partial charge in [-0.15, -0.1) is 0 Å². The van der Waals surface area contributed by atoms with Crippen molar-refractivity contribution >= 4 is 23.9 Å². The number of aryl methyl sites for hydroxylation is 1. The van der Waals surface area contributed by atoms with Gasteiger partial charge in [0.15, 0.2) is 0 Å². The van der Waals surface area contributed by atoms with Crippen molar-refractivity contribution in [2.24, 2.45) is 0 Å². The van der Waals surface area contributed by atoms with Crippen LogP contribution in [0.3, 0.4) is 0 Å². The summed E-state index contributed by atoms with van der Waals surface area (Å²) in [6, 6.07) is 14.6. The first-order valence-electron chi connectivity index (χ1n) is 8.85. The van der Waals surface area contributed by atoms with Crippen molar-refractivity contribution in [3.05, 3.63) is 76.9 Å². The number of carbonyl (C=O) groups excluding carboxylic acids is 3. The molecular formula is C22H24N2O4. The van der Waals surface area contributed by atoms with E-state index in [-0.39, 0.29) is 18.4 Å². The average Bonchev–Trinajstić information content (AvgIpc) is 2.72. The Bertz CT molecular complexity index is 872. The summed E-state index contributed by atoms with van der Waals surface area (Å²) in [7, 11) is 2.86. The number of benzene rings is 2. The van der Waals surface area contributed by atoms with Gasteiger partial charge in [-0.1, -0.05) is 36.4 Å². The molecule has 0 aliphatic rings. The third-order valence-electron chi connectivity index (χ3n) is 4.30. The van der Waals surface area contributed by atoms with Crippen LogP contribution >= 0.6 is 0 Å². The van der Waals surface area contributed by atoms with E-state index in [2.05, 4.69) is 5.32 Å². The minimum absolute atomic E-state index is 0.135. The van der Waals surface area contributed by atoms with E-state index >= 15 is 0 Å². The van der Waals surface area contributed by atoms with E-state index in [4.69, 9.17) is 4.74 Å². The molecule has 1 N–H and O–H groups in total. The van der Waals surface area contributed by atoms with Crippen LogP contribution in [0.2, 0.25) is 0 Å². The van der Waals surface area contributed by atoms with Gasteiger partial charge in [0, 0.05) is 25.2 Å². The Hall–Kier alpha value is -3.41. The molecule has 6 heteroatoms. The van der Waals surface area contributed by atoms with Crippen LogP contribution in [0.5, 0.6) is 0 Å². The molecule has 0 saturated heterocycles. The molecule has 2 aromatic rings. The number of nitrogens with zero attached hydrogens (tertiary/aromatic N) is 1. The Morgan fingerprint density at radius 3 is 2.36 bits per heavy atom. The van der Waals surface area contributed by atoms with E-state index in [0.717, 1.165) is 16.7 Å². The SMILES string of the molecule is CNC(=O)c1ccc(/C=C/C(=O)N(CC(=O)OC)Cc2ccccc2C)cc1. The summed E-state index contributed by atoms with van der Waals surface area (Å²) in [4.78, 5) is 37.4. The number of nitrogens with one attached hydrogen (secondary N) is 1. The van der Waals surface area contributed by atoms with Gasteiger partial charge in [-0.3, -0.25) is 14.4 Å². The highest BCUT2D eigenvalue weighted by Crippen LogP contribution is 2.12. The summed E-state index contributed by atoms with van der Waals surface area (Å²) >= 11 is 0. The molecule has 0 aromatic heterocycles. The van der Waals surface area contributed by atoms with Gasteiger partial charge >= 0.3 is 5.97 Å². The molecule has 2 amide bonds. The molecule has 0 aliphatic carbocycles. The number of hydrogen-bond acceptors (Lipinski definition) is 4. The van der Waals surface area contributed by atoms with E-state index in [1.807, 2.05) is 31.2 Å². The Morgan fingerprint density at radius 2 is 1.75 bits per heavy atom. The highest BCUT2D eigenvalue weighted by Gasteiger charge is 2.16. The van der Waals surface area contributed by atoms with E-state index in [0.29, 0.717) is 12.1 Å². The van der Waals surface area contributed by atoms with Crippen LogP contribution in [0.1, 0.15) is 27.0 Å². The fourth-order valence-electron chi connectivity index (χ4n) is 2.59. The third kappa shape index (κ3) is 5.81. The Balaban J connectivity index is 2.14. The summed E-state index contributed by atoms with van der Waals surface area (Å²) in [6.07, 6.45) is 3.06. The topological polar surface area (TPSA) is 75.7 Å². The average molecular weight is 380 g/mol. The molecule has 2 rings (SSSR count). The van der Waals surface area contributed by atoms with Crippen LogP contribution in [0.25, 0.3) is 6.08 Å². The second-order valence-corrected chi connectivity index (χ2v) is 6.23. The van der Waals surface area contributed by atoms with Crippen LogP contribution in [0, 0.1) is 6.92 Å². The van der Waals surface area contributed by atoms with Gasteiger partial charge in [0.25, 0.3) is 5.91 Å². The van der Waals surface area contributed by atoms with Crippen molar-refractivity contribution in [1.29, 1.82) is 0 Å². The number of rotatable bonds is 7. The van der Waals surface area contributed by atoms with Gasteiger partial charge in [0.2, 0.25) is 5.91 Å². The summed E-state index contributed by atoms with van der Waals surface area (Å²) in [6.45, 7) is 2.13. The maximum absolute atomic E-state index is 12.7. The van der Waals surface area contributed by atoms with Crippen LogP contribution in [-0.2, 0) is 20.9 Å². The lowest BCUT2D eigenvalue weighted by Crippen LogP contribution is -2.34. The molecule has 2 aromatic carbocycles. The van der Waals surface area contributed by atoms with Crippen molar-refractivity contribution in [3.63, 3.8) is 0 Å². The van der Waals surface area contributed by atoms with Crippen molar-refractivity contribution in [3.8, 4) is 0 Å². The normalized spacial score (nSPS) is 10.5. The fourth-order valence-corrected chi connectivity index (χ4v) is 2.59. The van der Waals surface area contributed by atoms with Crippen LogP contribution < -0.4 is 5.32 Å². The van der Waals surface area contributed by atoms with Gasteiger partial charge in [-0.05, 0) is 41.8 Å². The van der Waals surface area contributed by atoms with Gasteiger partial charge < -0.3 is 15.0 Å². The van der Waals surface area contributed by atoms with Crippen molar-refractivity contribution in [1.82, 2.24) is 10.2 Å². The molecule has 0 fully saturated rings. The molecule has 0 atom stereocenters. The van der Waals surface area contributed by atoms with Crippen LogP contribution in [0.4, 0.5) is 0 Å². The molecule has 146 valence electrons. The number of methoxy groups -OCH3 is 1. The second kappa shape index (κ2) is 10.1. The highest BCUT2D eigenvalue weighted by atomic mass is 16.5. The maximum atomic E-state index is 12.7. The molecule has 0 heterocycles. The highest BCUT2D eigenvalue weighted by molar-refractivity contribution is 5.95. The van der Waals surface area contributed by atoms with Crippen molar-refractivity contribution < 1.29 is 19.1 Å². The molecule has 0 saturated carbocycles. The predicted octanol–water partition coefficient (Wildman–Crippen LogP) is 2.57. The van der Waals surface area contributed by atoms with E-state index in [1.54, 1.807) is 37.4 Å². The van der Waals surface area contributed by atoms with Gasteiger partial charge in [0.1, 0.15) is 6.54 Å². The van der Waals surface area contributed by atoms with Gasteiger partial charge in [-0.25, -0.2) is 0 Å². The molecule has 6 nitrogen and oxygen atoms in total. The number of carbonyl (C=O) groups is 3. The Labute approximate surface area is 164 Å². The van der Waals surface area contributed by atoms with Gasteiger partial charge in [-0.2, -0.15) is 0 Å². The zero-order valence-electron chi connectivity index (χ0n) is 16.3. The Kier molecular flexibility index (Phi) is 7.51. The standard InChI is InChI=1S/C22H24N2O4/c1-16-6-4-5-7-19(16)14-24(15-21(26)28-3)20(25)13-10-17-8-11-18(12-9-17)22(27)23-2/h4-13H,14-15H2,1-3H3,(H,23,27)/b13-10+. The third-order valence-corrected chi connectivity index (χ3v) is 4.30. The zero-order chi connectivity index (χ0) is 20.5. The van der Waals surface area contributed by atoms with Crippen LogP contribution in [0.15, 0.2) is 54.6 Å². The smallest absolute Gasteiger partial charge is 0.325 e. The largest absolute Gasteiger partial charge is 0.468 e. The van der Waals surface area contributed by atoms with E-state index in [1.165, 1.54) is 18.1 Å². The number of amides is 2. The summed E-state index contributed by atoms with van der Waals surface area (Å²) < 4.78 is 4.71. The molecular weight excluding hydrogens is 356 g/mol. The lowest BCUT2D eigenvalue weighted by Gasteiger charge is -2.21. The molecule has 0 unspecified atom stereocenters. The molecule has 28 heavy (non-hydrogen) atoms. The lowest BCUT2D eigenvalue weighted by molar-refractivity contribution is -0.145. The molecule has 0 bridgehead atoms. The number of hydrogen-bond donors (Lipinski definition) is 1. The van der Waals surface area contributed by atoms with Crippen LogP contribution in [-0.4, -0.2) is 43.4 Å². The zero-order valence-corrected chi connectivity index (χ0v) is 16.3. The summed E-state index contributed by atoms with van der Waals surface area (Å²) in [5, 5.41) is 2.56. The number of ether oxygens (including phenoxy) is 1.